The molecule has 0 spiro atoms. The lowest BCUT2D eigenvalue weighted by atomic mass is 10.2. The highest BCUT2D eigenvalue weighted by Crippen LogP contribution is 2.31. The van der Waals surface area contributed by atoms with Gasteiger partial charge in [-0.15, -0.1) is 0 Å². The first-order valence-electron chi connectivity index (χ1n) is 6.31. The smallest absolute Gasteiger partial charge is 0.346 e. The maximum Gasteiger partial charge on any atom is 0.417 e. The third-order valence-corrected chi connectivity index (χ3v) is 3.51. The second-order valence-electron chi connectivity index (χ2n) is 4.62. The Bertz CT molecular complexity index is 751. The molecule has 9 heteroatoms. The summed E-state index contributed by atoms with van der Waals surface area (Å²) in [5.74, 6) is -0.528. The molecule has 4 nitrogen and oxygen atoms in total. The predicted molar refractivity (Wildman–Crippen MR) is 79.4 cm³/mol. The number of aromatic nitrogens is 2. The van der Waals surface area contributed by atoms with Crippen molar-refractivity contribution in [2.24, 2.45) is 0 Å². The van der Waals surface area contributed by atoms with Gasteiger partial charge in [-0.25, -0.2) is 4.98 Å². The van der Waals surface area contributed by atoms with Crippen molar-refractivity contribution >= 4 is 29.1 Å². The molecule has 2 aromatic heterocycles. The van der Waals surface area contributed by atoms with Crippen LogP contribution in [0.2, 0.25) is 10.2 Å². The number of hydrogen-bond donors (Lipinski definition) is 1. The van der Waals surface area contributed by atoms with E-state index in [0.717, 1.165) is 6.07 Å². The Hall–Kier alpha value is -1.86. The largest absolute Gasteiger partial charge is 0.417 e. The van der Waals surface area contributed by atoms with Crippen LogP contribution in [-0.2, 0) is 12.7 Å². The fourth-order valence-electron chi connectivity index (χ4n) is 1.70. The molecule has 0 radical (unpaired) electrons. The molecule has 0 fully saturated rings. The first-order valence-corrected chi connectivity index (χ1v) is 7.07. The van der Waals surface area contributed by atoms with Crippen molar-refractivity contribution in [1.82, 2.24) is 15.3 Å². The number of nitrogens with one attached hydrogen (secondary N) is 1. The van der Waals surface area contributed by atoms with Gasteiger partial charge in [0, 0.05) is 11.9 Å². The summed E-state index contributed by atoms with van der Waals surface area (Å²) in [4.78, 5) is 19.6. The monoisotopic (exact) mass is 363 g/mol. The molecule has 0 saturated carbocycles. The number of halogens is 5. The van der Waals surface area contributed by atoms with E-state index in [1.165, 1.54) is 6.07 Å². The summed E-state index contributed by atoms with van der Waals surface area (Å²) < 4.78 is 37.6. The average Bonchev–Trinajstić information content (AvgIpc) is 2.44. The maximum atomic E-state index is 12.5. The third kappa shape index (κ3) is 4.33. The standard InChI is InChI=1S/C14H10Cl2F3N3O/c1-7-2-3-9(12(16)22-7)13(23)21-6-11-10(15)4-8(5-20-11)14(17,18)19/h2-5H,6H2,1H3,(H,21,23). The Morgan fingerprint density at radius 3 is 2.57 bits per heavy atom. The lowest BCUT2D eigenvalue weighted by Gasteiger charge is -2.10. The van der Waals surface area contributed by atoms with Crippen molar-refractivity contribution in [1.29, 1.82) is 0 Å². The van der Waals surface area contributed by atoms with Gasteiger partial charge in [-0.1, -0.05) is 23.2 Å². The molecule has 0 bridgehead atoms. The van der Waals surface area contributed by atoms with E-state index in [1.54, 1.807) is 13.0 Å². The van der Waals surface area contributed by atoms with E-state index in [1.807, 2.05) is 0 Å². The first kappa shape index (κ1) is 17.5. The van der Waals surface area contributed by atoms with Crippen molar-refractivity contribution in [2.75, 3.05) is 0 Å². The summed E-state index contributed by atoms with van der Waals surface area (Å²) in [5, 5.41) is 2.33. The minimum absolute atomic E-state index is 0.0361. The van der Waals surface area contributed by atoms with E-state index in [2.05, 4.69) is 15.3 Å². The first-order chi connectivity index (χ1) is 10.7. The lowest BCUT2D eigenvalue weighted by Crippen LogP contribution is -2.24. The Morgan fingerprint density at radius 1 is 1.30 bits per heavy atom. The number of pyridine rings is 2. The molecule has 0 aliphatic carbocycles. The van der Waals surface area contributed by atoms with Crippen LogP contribution in [0.25, 0.3) is 0 Å². The summed E-state index contributed by atoms with van der Waals surface area (Å²) in [5.41, 5.74) is -0.0353. The Kier molecular flexibility index (Phi) is 5.11. The van der Waals surface area contributed by atoms with Crippen molar-refractivity contribution in [3.05, 3.63) is 57.1 Å². The molecule has 23 heavy (non-hydrogen) atoms. The molecule has 0 unspecified atom stereocenters. The zero-order valence-corrected chi connectivity index (χ0v) is 13.2. The van der Waals surface area contributed by atoms with E-state index in [-0.39, 0.29) is 28.0 Å². The van der Waals surface area contributed by atoms with Gasteiger partial charge in [0.05, 0.1) is 28.4 Å². The molecule has 0 atom stereocenters. The molecule has 122 valence electrons. The molecule has 0 saturated heterocycles. The molecule has 2 aromatic rings. The molecule has 0 aromatic carbocycles. The molecule has 1 N–H and O–H groups in total. The van der Waals surface area contributed by atoms with E-state index in [0.29, 0.717) is 11.9 Å². The van der Waals surface area contributed by atoms with Gasteiger partial charge in [-0.3, -0.25) is 9.78 Å². The summed E-state index contributed by atoms with van der Waals surface area (Å²) in [6.45, 7) is 1.58. The van der Waals surface area contributed by atoms with Crippen LogP contribution < -0.4 is 5.32 Å². The van der Waals surface area contributed by atoms with Gasteiger partial charge in [0.25, 0.3) is 5.91 Å². The minimum atomic E-state index is -4.53. The second-order valence-corrected chi connectivity index (χ2v) is 5.39. The minimum Gasteiger partial charge on any atom is -0.346 e. The molecule has 2 heterocycles. The molecule has 1 amide bonds. The number of alkyl halides is 3. The lowest BCUT2D eigenvalue weighted by molar-refractivity contribution is -0.137. The van der Waals surface area contributed by atoms with Gasteiger partial charge in [-0.05, 0) is 25.1 Å². The van der Waals surface area contributed by atoms with Gasteiger partial charge in [0.2, 0.25) is 0 Å². The number of carbonyl (C=O) groups is 1. The predicted octanol–water partition coefficient (Wildman–Crippen LogP) is 4.04. The number of aryl methyl sites for hydroxylation is 1. The van der Waals surface area contributed by atoms with Gasteiger partial charge >= 0.3 is 6.18 Å². The van der Waals surface area contributed by atoms with Crippen LogP contribution >= 0.6 is 23.2 Å². The number of carbonyl (C=O) groups excluding carboxylic acids is 1. The van der Waals surface area contributed by atoms with Crippen LogP contribution in [0.3, 0.4) is 0 Å². The van der Waals surface area contributed by atoms with E-state index in [4.69, 9.17) is 23.2 Å². The highest BCUT2D eigenvalue weighted by molar-refractivity contribution is 6.32. The molecule has 0 aliphatic heterocycles. The van der Waals surface area contributed by atoms with Crippen LogP contribution in [0.5, 0.6) is 0 Å². The average molecular weight is 364 g/mol. The fourth-order valence-corrected chi connectivity index (χ4v) is 2.22. The molecule has 0 aliphatic rings. The quantitative estimate of drug-likeness (QED) is 0.837. The number of hydrogen-bond acceptors (Lipinski definition) is 3. The number of rotatable bonds is 3. The van der Waals surface area contributed by atoms with Crippen LogP contribution in [0.15, 0.2) is 24.4 Å². The SMILES string of the molecule is Cc1ccc(C(=O)NCc2ncc(C(F)(F)F)cc2Cl)c(Cl)n1. The van der Waals surface area contributed by atoms with Crippen LogP contribution in [0, 0.1) is 6.92 Å². The van der Waals surface area contributed by atoms with Gasteiger partial charge in [-0.2, -0.15) is 13.2 Å². The fraction of sp³-hybridized carbons (Fsp3) is 0.214. The normalized spacial score (nSPS) is 11.4. The van der Waals surface area contributed by atoms with E-state index >= 15 is 0 Å². The number of nitrogens with zero attached hydrogens (tertiary/aromatic N) is 2. The van der Waals surface area contributed by atoms with Crippen molar-refractivity contribution < 1.29 is 18.0 Å². The van der Waals surface area contributed by atoms with Crippen LogP contribution in [0.1, 0.15) is 27.3 Å². The zero-order valence-electron chi connectivity index (χ0n) is 11.7. The summed E-state index contributed by atoms with van der Waals surface area (Å²) in [6, 6.07) is 3.88. The summed E-state index contributed by atoms with van der Waals surface area (Å²) in [6.07, 6.45) is -3.87. The second kappa shape index (κ2) is 6.72. The molecular weight excluding hydrogens is 354 g/mol. The highest BCUT2D eigenvalue weighted by atomic mass is 35.5. The third-order valence-electron chi connectivity index (χ3n) is 2.89. The highest BCUT2D eigenvalue weighted by Gasteiger charge is 2.31. The molecule has 2 rings (SSSR count). The number of amides is 1. The Morgan fingerprint density at radius 2 is 2.00 bits per heavy atom. The van der Waals surface area contributed by atoms with Crippen LogP contribution in [-0.4, -0.2) is 15.9 Å². The topological polar surface area (TPSA) is 54.9 Å². The zero-order chi connectivity index (χ0) is 17.2. The summed E-state index contributed by atoms with van der Waals surface area (Å²) in [7, 11) is 0. The van der Waals surface area contributed by atoms with Crippen molar-refractivity contribution in [3.63, 3.8) is 0 Å². The maximum absolute atomic E-state index is 12.5. The van der Waals surface area contributed by atoms with Gasteiger partial charge in [0.15, 0.2) is 0 Å². The van der Waals surface area contributed by atoms with Gasteiger partial charge in [0.1, 0.15) is 5.15 Å². The van der Waals surface area contributed by atoms with Crippen molar-refractivity contribution in [2.45, 2.75) is 19.6 Å². The van der Waals surface area contributed by atoms with E-state index in [9.17, 15) is 18.0 Å². The van der Waals surface area contributed by atoms with Crippen LogP contribution in [0.4, 0.5) is 13.2 Å². The van der Waals surface area contributed by atoms with Gasteiger partial charge < -0.3 is 5.32 Å². The summed E-state index contributed by atoms with van der Waals surface area (Å²) >= 11 is 11.6. The van der Waals surface area contributed by atoms with E-state index < -0.39 is 17.6 Å². The Labute approximate surface area is 139 Å². The molecular formula is C14H10Cl2F3N3O. The van der Waals surface area contributed by atoms with Crippen molar-refractivity contribution in [3.8, 4) is 0 Å². The Balaban J connectivity index is 2.10.